The van der Waals surface area contributed by atoms with Crippen molar-refractivity contribution in [2.75, 3.05) is 33.2 Å². The number of benzene rings is 1. The molecule has 0 radical (unpaired) electrons. The zero-order chi connectivity index (χ0) is 27.8. The quantitative estimate of drug-likeness (QED) is 0.226. The van der Waals surface area contributed by atoms with E-state index in [9.17, 15) is 9.59 Å². The van der Waals surface area contributed by atoms with Gasteiger partial charge in [0.05, 0.1) is 0 Å². The van der Waals surface area contributed by atoms with Gasteiger partial charge >= 0.3 is 6.03 Å². The van der Waals surface area contributed by atoms with Gasteiger partial charge in [-0.05, 0) is 93.9 Å². The molecular weight excluding hydrogens is 608 g/mol. The molecule has 0 spiro atoms. The van der Waals surface area contributed by atoms with Gasteiger partial charge < -0.3 is 15.5 Å². The zero-order valence-electron chi connectivity index (χ0n) is 23.4. The summed E-state index contributed by atoms with van der Waals surface area (Å²) in [4.78, 5) is 32.2. The second-order valence-corrected chi connectivity index (χ2v) is 13.4. The summed E-state index contributed by atoms with van der Waals surface area (Å²) in [5.74, 6) is 1.65. The number of hydrogen-bond acceptors (Lipinski definition) is 3. The number of halogens is 2. The van der Waals surface area contributed by atoms with Crippen LogP contribution in [0.4, 0.5) is 4.79 Å². The fraction of sp³-hybridized carbons (Fsp3) is 0.633. The van der Waals surface area contributed by atoms with Gasteiger partial charge in [-0.2, -0.15) is 0 Å². The van der Waals surface area contributed by atoms with Crippen LogP contribution in [-0.4, -0.2) is 66.0 Å². The molecular formula is C30H44Br2N4O2. The molecule has 1 aliphatic carbocycles. The summed E-state index contributed by atoms with van der Waals surface area (Å²) in [7, 11) is 1.76. The summed E-state index contributed by atoms with van der Waals surface area (Å²) in [6, 6.07) is 4.27. The first-order valence-electron chi connectivity index (χ1n) is 13.9. The highest BCUT2D eigenvalue weighted by Crippen LogP contribution is 2.42. The average Bonchev–Trinajstić information content (AvgIpc) is 3.03. The highest BCUT2D eigenvalue weighted by Gasteiger charge is 2.32. The molecule has 1 aromatic carbocycles. The van der Waals surface area contributed by atoms with E-state index in [1.807, 2.05) is 13.1 Å². The van der Waals surface area contributed by atoms with Crippen molar-refractivity contribution in [3.63, 3.8) is 0 Å². The minimum absolute atomic E-state index is 0.283. The second kappa shape index (κ2) is 14.6. The van der Waals surface area contributed by atoms with Gasteiger partial charge in [-0.15, -0.1) is 0 Å². The van der Waals surface area contributed by atoms with Crippen LogP contribution >= 0.6 is 31.9 Å². The summed E-state index contributed by atoms with van der Waals surface area (Å²) >= 11 is 7.16. The molecule has 0 bridgehead atoms. The van der Waals surface area contributed by atoms with Crippen molar-refractivity contribution < 1.29 is 9.59 Å². The molecule has 8 heteroatoms. The molecule has 2 fully saturated rings. The number of allylic oxidation sites excluding steroid dienone is 2. The Bertz CT molecular complexity index is 1020. The van der Waals surface area contributed by atoms with Gasteiger partial charge in [-0.3, -0.25) is 9.79 Å². The first-order chi connectivity index (χ1) is 18.1. The van der Waals surface area contributed by atoms with Gasteiger partial charge in [-0.1, -0.05) is 49.6 Å². The van der Waals surface area contributed by atoms with E-state index < -0.39 is 0 Å². The second-order valence-electron chi connectivity index (χ2n) is 11.1. The fourth-order valence-corrected chi connectivity index (χ4v) is 7.15. The molecule has 3 aliphatic rings. The van der Waals surface area contributed by atoms with Crippen molar-refractivity contribution in [2.24, 2.45) is 22.6 Å². The van der Waals surface area contributed by atoms with Gasteiger partial charge in [0.1, 0.15) is 0 Å². The SMILES string of the molecule is CC1=CC(C2CCN(C(=O)CC3CCN(C(N)=O)CC3)CC2)c2c(Br)cc(C)cc2CC1.CN=CC(C)Br. The van der Waals surface area contributed by atoms with E-state index >= 15 is 0 Å². The van der Waals surface area contributed by atoms with E-state index in [0.29, 0.717) is 42.1 Å². The Balaban J connectivity index is 0.000000599. The lowest BCUT2D eigenvalue weighted by atomic mass is 9.78. The third-order valence-electron chi connectivity index (χ3n) is 8.09. The molecule has 2 saturated heterocycles. The minimum Gasteiger partial charge on any atom is -0.351 e. The summed E-state index contributed by atoms with van der Waals surface area (Å²) in [5.41, 5.74) is 11.1. The maximum Gasteiger partial charge on any atom is 0.314 e. The molecule has 2 unspecified atom stereocenters. The van der Waals surface area contributed by atoms with Crippen molar-refractivity contribution in [3.05, 3.63) is 44.9 Å². The van der Waals surface area contributed by atoms with E-state index in [1.165, 1.54) is 26.7 Å². The third kappa shape index (κ3) is 8.67. The summed E-state index contributed by atoms with van der Waals surface area (Å²) < 4.78 is 1.24. The van der Waals surface area contributed by atoms with Gasteiger partial charge in [0.25, 0.3) is 0 Å². The number of carbonyl (C=O) groups excluding carboxylic acids is 2. The summed E-state index contributed by atoms with van der Waals surface area (Å²) in [6.07, 6.45) is 11.0. The minimum atomic E-state index is -0.344. The Hall–Kier alpha value is -1.67. The predicted octanol–water partition coefficient (Wildman–Crippen LogP) is 6.62. The molecule has 3 amide bonds. The largest absolute Gasteiger partial charge is 0.351 e. The Morgan fingerprint density at radius 3 is 2.26 bits per heavy atom. The van der Waals surface area contributed by atoms with Crippen LogP contribution in [0.15, 0.2) is 33.2 Å². The highest BCUT2D eigenvalue weighted by atomic mass is 79.9. The van der Waals surface area contributed by atoms with Crippen molar-refractivity contribution in [3.8, 4) is 0 Å². The van der Waals surface area contributed by atoms with Crippen LogP contribution in [0.25, 0.3) is 0 Å². The monoisotopic (exact) mass is 650 g/mol. The number of aliphatic imine (C=N–C) groups is 1. The number of aryl methyl sites for hydroxylation is 2. The fourth-order valence-electron chi connectivity index (χ4n) is 6.03. The van der Waals surface area contributed by atoms with Crippen LogP contribution in [0.1, 0.15) is 75.0 Å². The van der Waals surface area contributed by atoms with Crippen LogP contribution in [0, 0.1) is 18.8 Å². The molecule has 0 aromatic heterocycles. The molecule has 210 valence electrons. The number of alkyl halides is 1. The smallest absolute Gasteiger partial charge is 0.314 e. The van der Waals surface area contributed by atoms with Gasteiger partial charge in [0, 0.05) is 61.1 Å². The summed E-state index contributed by atoms with van der Waals surface area (Å²) in [6.45, 7) is 9.52. The molecule has 2 heterocycles. The van der Waals surface area contributed by atoms with Crippen molar-refractivity contribution in [1.29, 1.82) is 0 Å². The Kier molecular flexibility index (Phi) is 11.9. The number of primary amides is 1. The number of rotatable bonds is 4. The van der Waals surface area contributed by atoms with Crippen molar-refractivity contribution >= 4 is 50.0 Å². The van der Waals surface area contributed by atoms with Crippen LogP contribution in [0.2, 0.25) is 0 Å². The molecule has 4 rings (SSSR count). The van der Waals surface area contributed by atoms with E-state index in [1.54, 1.807) is 11.9 Å². The van der Waals surface area contributed by atoms with Crippen LogP contribution in [-0.2, 0) is 11.2 Å². The lowest BCUT2D eigenvalue weighted by Gasteiger charge is -2.37. The van der Waals surface area contributed by atoms with Gasteiger partial charge in [-0.25, -0.2) is 4.79 Å². The Labute approximate surface area is 245 Å². The first kappa shape index (κ1) is 30.9. The van der Waals surface area contributed by atoms with Crippen LogP contribution in [0.5, 0.6) is 0 Å². The number of amides is 3. The zero-order valence-corrected chi connectivity index (χ0v) is 26.6. The molecule has 2 atom stereocenters. The van der Waals surface area contributed by atoms with Gasteiger partial charge in [0.2, 0.25) is 5.91 Å². The number of fused-ring (bicyclic) bond motifs is 1. The Morgan fingerprint density at radius 2 is 1.71 bits per heavy atom. The van der Waals surface area contributed by atoms with Crippen molar-refractivity contribution in [2.45, 2.75) is 76.5 Å². The number of piperidine rings is 2. The van der Waals surface area contributed by atoms with E-state index in [0.717, 1.165) is 51.6 Å². The Morgan fingerprint density at radius 1 is 1.08 bits per heavy atom. The van der Waals surface area contributed by atoms with Crippen LogP contribution < -0.4 is 5.73 Å². The standard InChI is InChI=1S/C26H36BrN3O2.C4H8BrN/c1-17-3-4-21-13-18(2)15-23(27)25(21)22(14-17)20-7-11-29(12-8-20)24(31)16-19-5-9-30(10-6-19)26(28)32;1-4(5)3-6-2/h13-15,19-20,22H,3-12,16H2,1-2H3,(H2,28,32);3-4H,1-2H3. The van der Waals surface area contributed by atoms with E-state index in [2.05, 4.69) is 73.8 Å². The number of nitrogens with zero attached hydrogens (tertiary/aromatic N) is 3. The maximum atomic E-state index is 13.0. The molecule has 38 heavy (non-hydrogen) atoms. The van der Waals surface area contributed by atoms with Gasteiger partial charge in [0.15, 0.2) is 0 Å². The molecule has 0 saturated carbocycles. The number of likely N-dealkylation sites (tertiary alicyclic amines) is 2. The topological polar surface area (TPSA) is 79.0 Å². The lowest BCUT2D eigenvalue weighted by molar-refractivity contribution is -0.134. The number of carbonyl (C=O) groups is 2. The van der Waals surface area contributed by atoms with Crippen LogP contribution in [0.3, 0.4) is 0 Å². The summed E-state index contributed by atoms with van der Waals surface area (Å²) in [5, 5.41) is 0. The highest BCUT2D eigenvalue weighted by molar-refractivity contribution is 9.10. The van der Waals surface area contributed by atoms with E-state index in [4.69, 9.17) is 5.73 Å². The maximum absolute atomic E-state index is 13.0. The molecule has 2 aliphatic heterocycles. The number of hydrogen-bond donors (Lipinski definition) is 1. The molecule has 1 aromatic rings. The molecule has 6 nitrogen and oxygen atoms in total. The third-order valence-corrected chi connectivity index (χ3v) is 8.98. The first-order valence-corrected chi connectivity index (χ1v) is 15.6. The number of nitrogens with two attached hydrogens (primary N) is 1. The average molecular weight is 653 g/mol. The predicted molar refractivity (Wildman–Crippen MR) is 164 cm³/mol. The lowest BCUT2D eigenvalue weighted by Crippen LogP contribution is -2.44. The van der Waals surface area contributed by atoms with E-state index in [-0.39, 0.29) is 11.9 Å². The van der Waals surface area contributed by atoms with Crippen molar-refractivity contribution in [1.82, 2.24) is 9.80 Å². The molecule has 2 N–H and O–H groups in total. The number of urea groups is 1. The normalized spacial score (nSPS) is 21.7.